The van der Waals surface area contributed by atoms with E-state index in [4.69, 9.17) is 0 Å². The fraction of sp³-hybridized carbons (Fsp3) is 0.900. The van der Waals surface area contributed by atoms with E-state index in [9.17, 15) is 4.79 Å². The number of carbonyl (C=O) groups is 1. The summed E-state index contributed by atoms with van der Waals surface area (Å²) in [5.74, 6) is 0.206. The Bertz CT molecular complexity index is 192. The highest BCUT2D eigenvalue weighted by atomic mass is 16.2. The van der Waals surface area contributed by atoms with Gasteiger partial charge in [0.05, 0.1) is 6.54 Å². The van der Waals surface area contributed by atoms with Gasteiger partial charge in [-0.1, -0.05) is 0 Å². The normalized spacial score (nSPS) is 17.2. The predicted molar refractivity (Wildman–Crippen MR) is 53.5 cm³/mol. The van der Waals surface area contributed by atoms with E-state index in [0.717, 1.165) is 0 Å². The smallest absolute Gasteiger partial charge is 0.236 e. The van der Waals surface area contributed by atoms with Crippen molar-refractivity contribution in [2.75, 3.05) is 13.6 Å². The van der Waals surface area contributed by atoms with E-state index in [-0.39, 0.29) is 11.4 Å². The van der Waals surface area contributed by atoms with Crippen LogP contribution in [0.3, 0.4) is 0 Å². The summed E-state index contributed by atoms with van der Waals surface area (Å²) in [6.45, 7) is 6.66. The summed E-state index contributed by atoms with van der Waals surface area (Å²) in [5, 5.41) is 3.19. The van der Waals surface area contributed by atoms with E-state index in [0.29, 0.717) is 12.6 Å². The Morgan fingerprint density at radius 2 is 2.00 bits per heavy atom. The summed E-state index contributed by atoms with van der Waals surface area (Å²) in [5.41, 5.74) is 0.0278. The Labute approximate surface area is 80.5 Å². The molecule has 1 saturated carbocycles. The Morgan fingerprint density at radius 3 is 2.38 bits per heavy atom. The van der Waals surface area contributed by atoms with Gasteiger partial charge in [0.25, 0.3) is 0 Å². The summed E-state index contributed by atoms with van der Waals surface area (Å²) in [6.07, 6.45) is 2.36. The van der Waals surface area contributed by atoms with Crippen LogP contribution in [0.4, 0.5) is 0 Å². The van der Waals surface area contributed by atoms with Crippen molar-refractivity contribution in [2.24, 2.45) is 0 Å². The fourth-order valence-electron chi connectivity index (χ4n) is 1.13. The molecule has 1 aliphatic rings. The number of carbonyl (C=O) groups excluding carboxylic acids is 1. The van der Waals surface area contributed by atoms with Crippen molar-refractivity contribution in [3.63, 3.8) is 0 Å². The molecule has 3 nitrogen and oxygen atoms in total. The molecule has 0 heterocycles. The summed E-state index contributed by atoms with van der Waals surface area (Å²) in [7, 11) is 1.89. The highest BCUT2D eigenvalue weighted by Crippen LogP contribution is 2.25. The quantitative estimate of drug-likeness (QED) is 0.709. The molecular formula is C10H20N2O. The number of amides is 1. The average Bonchev–Trinajstić information content (AvgIpc) is 2.79. The predicted octanol–water partition coefficient (Wildman–Crippen LogP) is 0.995. The zero-order valence-corrected chi connectivity index (χ0v) is 9.05. The minimum Gasteiger partial charge on any atom is -0.342 e. The average molecular weight is 184 g/mol. The van der Waals surface area contributed by atoms with Crippen molar-refractivity contribution >= 4 is 5.91 Å². The van der Waals surface area contributed by atoms with Crippen LogP contribution in [-0.4, -0.2) is 36.0 Å². The van der Waals surface area contributed by atoms with Crippen molar-refractivity contribution in [2.45, 2.75) is 45.2 Å². The zero-order valence-electron chi connectivity index (χ0n) is 9.05. The lowest BCUT2D eigenvalue weighted by molar-refractivity contribution is -0.129. The van der Waals surface area contributed by atoms with Gasteiger partial charge in [0, 0.05) is 18.6 Å². The van der Waals surface area contributed by atoms with E-state index in [1.54, 1.807) is 0 Å². The molecule has 1 N–H and O–H groups in total. The minimum atomic E-state index is 0.0278. The molecule has 0 aromatic carbocycles. The lowest BCUT2D eigenvalue weighted by atomic mass is 10.1. The molecule has 1 fully saturated rings. The molecule has 13 heavy (non-hydrogen) atoms. The second-order valence-corrected chi connectivity index (χ2v) is 4.84. The number of hydrogen-bond donors (Lipinski definition) is 1. The van der Waals surface area contributed by atoms with Gasteiger partial charge in [0.1, 0.15) is 0 Å². The van der Waals surface area contributed by atoms with E-state index in [1.165, 1.54) is 12.8 Å². The molecule has 1 aliphatic carbocycles. The van der Waals surface area contributed by atoms with Crippen LogP contribution < -0.4 is 5.32 Å². The number of hydrogen-bond acceptors (Lipinski definition) is 2. The van der Waals surface area contributed by atoms with Crippen LogP contribution in [0, 0.1) is 0 Å². The van der Waals surface area contributed by atoms with Gasteiger partial charge < -0.3 is 10.2 Å². The summed E-state index contributed by atoms with van der Waals surface area (Å²) in [6, 6.07) is 0.522. The van der Waals surface area contributed by atoms with Crippen LogP contribution in [0.2, 0.25) is 0 Å². The van der Waals surface area contributed by atoms with E-state index in [1.807, 2.05) is 11.9 Å². The highest BCUT2D eigenvalue weighted by molar-refractivity contribution is 5.78. The van der Waals surface area contributed by atoms with Crippen LogP contribution >= 0.6 is 0 Å². The first-order valence-electron chi connectivity index (χ1n) is 4.91. The zero-order chi connectivity index (χ0) is 10.1. The molecule has 1 rings (SSSR count). The summed E-state index contributed by atoms with van der Waals surface area (Å²) in [4.78, 5) is 13.4. The van der Waals surface area contributed by atoms with Crippen LogP contribution in [0.15, 0.2) is 0 Å². The number of nitrogens with one attached hydrogen (secondary N) is 1. The Hall–Kier alpha value is -0.570. The third-order valence-electron chi connectivity index (χ3n) is 2.26. The molecule has 76 valence electrons. The molecule has 0 saturated heterocycles. The highest BCUT2D eigenvalue weighted by Gasteiger charge is 2.29. The minimum absolute atomic E-state index is 0.0278. The molecule has 0 atom stereocenters. The molecule has 0 aliphatic heterocycles. The molecular weight excluding hydrogens is 164 g/mol. The number of rotatable bonds is 3. The molecule has 0 bridgehead atoms. The third kappa shape index (κ3) is 3.77. The van der Waals surface area contributed by atoms with Crippen LogP contribution in [0.25, 0.3) is 0 Å². The first-order valence-corrected chi connectivity index (χ1v) is 4.91. The van der Waals surface area contributed by atoms with E-state index >= 15 is 0 Å². The third-order valence-corrected chi connectivity index (χ3v) is 2.26. The first kappa shape index (κ1) is 10.5. The number of likely N-dealkylation sites (N-methyl/N-ethyl adjacent to an activating group) is 1. The van der Waals surface area contributed by atoms with Gasteiger partial charge in [-0.3, -0.25) is 4.79 Å². The summed E-state index contributed by atoms with van der Waals surface area (Å²) >= 11 is 0. The first-order chi connectivity index (χ1) is 5.90. The number of nitrogens with zero attached hydrogens (tertiary/aromatic N) is 1. The van der Waals surface area contributed by atoms with Crippen molar-refractivity contribution in [1.82, 2.24) is 10.2 Å². The fourth-order valence-corrected chi connectivity index (χ4v) is 1.13. The Morgan fingerprint density at radius 1 is 1.46 bits per heavy atom. The monoisotopic (exact) mass is 184 g/mol. The Kier molecular flexibility index (Phi) is 2.96. The van der Waals surface area contributed by atoms with Crippen LogP contribution in [-0.2, 0) is 4.79 Å². The van der Waals surface area contributed by atoms with Gasteiger partial charge >= 0.3 is 0 Å². The van der Waals surface area contributed by atoms with Gasteiger partial charge in [0.15, 0.2) is 0 Å². The SMILES string of the molecule is CN(C(=O)CNC(C)(C)C)C1CC1. The lowest BCUT2D eigenvalue weighted by Crippen LogP contribution is -2.44. The second kappa shape index (κ2) is 3.66. The molecule has 3 heteroatoms. The van der Waals surface area contributed by atoms with Gasteiger partial charge in [-0.25, -0.2) is 0 Å². The summed E-state index contributed by atoms with van der Waals surface area (Å²) < 4.78 is 0. The second-order valence-electron chi connectivity index (χ2n) is 4.84. The topological polar surface area (TPSA) is 32.3 Å². The van der Waals surface area contributed by atoms with Crippen LogP contribution in [0.1, 0.15) is 33.6 Å². The van der Waals surface area contributed by atoms with E-state index in [2.05, 4.69) is 26.1 Å². The van der Waals surface area contributed by atoms with Crippen molar-refractivity contribution in [1.29, 1.82) is 0 Å². The molecule has 0 unspecified atom stereocenters. The maximum atomic E-state index is 11.5. The van der Waals surface area contributed by atoms with Gasteiger partial charge in [-0.15, -0.1) is 0 Å². The van der Waals surface area contributed by atoms with Crippen molar-refractivity contribution < 1.29 is 4.79 Å². The van der Waals surface area contributed by atoms with Gasteiger partial charge in [0.2, 0.25) is 5.91 Å². The molecule has 0 spiro atoms. The maximum absolute atomic E-state index is 11.5. The van der Waals surface area contributed by atoms with E-state index < -0.39 is 0 Å². The van der Waals surface area contributed by atoms with Gasteiger partial charge in [-0.05, 0) is 33.6 Å². The Balaban J connectivity index is 2.24. The molecule has 0 aromatic rings. The standard InChI is InChI=1S/C10H20N2O/c1-10(2,3)11-7-9(13)12(4)8-5-6-8/h8,11H,5-7H2,1-4H3. The molecule has 1 amide bonds. The largest absolute Gasteiger partial charge is 0.342 e. The van der Waals surface area contributed by atoms with Gasteiger partial charge in [-0.2, -0.15) is 0 Å². The van der Waals surface area contributed by atoms with Crippen LogP contribution in [0.5, 0.6) is 0 Å². The van der Waals surface area contributed by atoms with Crippen molar-refractivity contribution in [3.05, 3.63) is 0 Å². The lowest BCUT2D eigenvalue weighted by Gasteiger charge is -2.23. The maximum Gasteiger partial charge on any atom is 0.236 e. The molecule has 0 aromatic heterocycles. The van der Waals surface area contributed by atoms with Crippen molar-refractivity contribution in [3.8, 4) is 0 Å². The molecule has 0 radical (unpaired) electrons.